The predicted octanol–water partition coefficient (Wildman–Crippen LogP) is 2.49. The van der Waals surface area contributed by atoms with E-state index in [1.165, 1.54) is 6.07 Å². The summed E-state index contributed by atoms with van der Waals surface area (Å²) in [6, 6.07) is 2.93. The number of ether oxygens (including phenoxy) is 1. The minimum absolute atomic E-state index is 0.0702. The fraction of sp³-hybridized carbons (Fsp3) is 0.364. The lowest BCUT2D eigenvalue weighted by molar-refractivity contribution is -0.153. The van der Waals surface area contributed by atoms with Gasteiger partial charge in [0, 0.05) is 10.0 Å². The van der Waals surface area contributed by atoms with Gasteiger partial charge < -0.3 is 9.84 Å². The van der Waals surface area contributed by atoms with E-state index in [4.69, 9.17) is 0 Å². The normalized spacial score (nSPS) is 12.3. The fourth-order valence-corrected chi connectivity index (χ4v) is 1.55. The van der Waals surface area contributed by atoms with Crippen LogP contribution in [0.5, 0.6) is 0 Å². The molecule has 88 valence electrons. The first kappa shape index (κ1) is 13.1. The molecule has 1 rings (SSSR count). The molecule has 0 saturated heterocycles. The highest BCUT2D eigenvalue weighted by Gasteiger charge is 2.23. The maximum Gasteiger partial charge on any atom is 0.339 e. The quantitative estimate of drug-likeness (QED) is 0.870. The molecule has 0 amide bonds. The minimum Gasteiger partial charge on any atom is -0.464 e. The van der Waals surface area contributed by atoms with Crippen LogP contribution in [0.4, 0.5) is 4.39 Å². The largest absolute Gasteiger partial charge is 0.464 e. The van der Waals surface area contributed by atoms with Crippen molar-refractivity contribution in [2.45, 2.75) is 20.0 Å². The second-order valence-corrected chi connectivity index (χ2v) is 4.08. The van der Waals surface area contributed by atoms with Crippen molar-refractivity contribution in [3.8, 4) is 0 Å². The van der Waals surface area contributed by atoms with E-state index in [0.717, 1.165) is 0 Å². The lowest BCUT2D eigenvalue weighted by atomic mass is 10.1. The number of hydrogen-bond donors (Lipinski definition) is 1. The van der Waals surface area contributed by atoms with Crippen molar-refractivity contribution in [3.63, 3.8) is 0 Å². The molecule has 0 fully saturated rings. The molecular weight excluding hydrogens is 279 g/mol. The summed E-state index contributed by atoms with van der Waals surface area (Å²) in [7, 11) is 0. The summed E-state index contributed by atoms with van der Waals surface area (Å²) in [4.78, 5) is 11.2. The molecule has 1 atom stereocenters. The molecule has 1 aromatic rings. The van der Waals surface area contributed by atoms with E-state index in [-0.39, 0.29) is 12.2 Å². The minimum atomic E-state index is -1.58. The summed E-state index contributed by atoms with van der Waals surface area (Å²) in [6.45, 7) is 3.32. The summed E-state index contributed by atoms with van der Waals surface area (Å²) in [5, 5.41) is 9.59. The smallest absolute Gasteiger partial charge is 0.339 e. The number of rotatable bonds is 3. The van der Waals surface area contributed by atoms with Gasteiger partial charge in [0.05, 0.1) is 6.61 Å². The maximum atomic E-state index is 13.7. The van der Waals surface area contributed by atoms with Crippen molar-refractivity contribution in [1.29, 1.82) is 0 Å². The molecule has 0 bridgehead atoms. The number of esters is 1. The van der Waals surface area contributed by atoms with E-state index in [0.29, 0.717) is 10.0 Å². The predicted molar refractivity (Wildman–Crippen MR) is 60.4 cm³/mol. The Morgan fingerprint density at radius 2 is 2.25 bits per heavy atom. The molecule has 1 aromatic carbocycles. The molecule has 0 spiro atoms. The summed E-state index contributed by atoms with van der Waals surface area (Å²) in [5.74, 6) is -1.45. The number of halogens is 2. The average Bonchev–Trinajstić information content (AvgIpc) is 2.26. The summed E-state index contributed by atoms with van der Waals surface area (Å²) >= 11 is 3.16. The number of benzene rings is 1. The third-order valence-electron chi connectivity index (χ3n) is 2.15. The second kappa shape index (κ2) is 5.41. The van der Waals surface area contributed by atoms with E-state index < -0.39 is 17.9 Å². The zero-order valence-electron chi connectivity index (χ0n) is 8.96. The van der Waals surface area contributed by atoms with Gasteiger partial charge in [-0.05, 0) is 25.5 Å². The van der Waals surface area contributed by atoms with Gasteiger partial charge in [0.2, 0.25) is 0 Å². The van der Waals surface area contributed by atoms with E-state index in [2.05, 4.69) is 20.7 Å². The number of aliphatic hydroxyl groups is 1. The number of carbonyl (C=O) groups excluding carboxylic acids is 1. The van der Waals surface area contributed by atoms with Crippen LogP contribution >= 0.6 is 15.9 Å². The third-order valence-corrected chi connectivity index (χ3v) is 3.01. The van der Waals surface area contributed by atoms with Crippen LogP contribution in [0.1, 0.15) is 24.2 Å². The van der Waals surface area contributed by atoms with Crippen LogP contribution in [0.25, 0.3) is 0 Å². The molecular formula is C11H12BrFO3. The van der Waals surface area contributed by atoms with Gasteiger partial charge in [-0.1, -0.05) is 22.0 Å². The van der Waals surface area contributed by atoms with Gasteiger partial charge in [-0.15, -0.1) is 0 Å². The monoisotopic (exact) mass is 290 g/mol. The second-order valence-electron chi connectivity index (χ2n) is 3.23. The standard InChI is InChI=1S/C11H12BrFO3/c1-3-16-11(15)10(14)7-4-5-8(12)6(2)9(7)13/h4-5,10,14H,3H2,1-2H3. The Morgan fingerprint density at radius 3 is 2.81 bits per heavy atom. The highest BCUT2D eigenvalue weighted by molar-refractivity contribution is 9.10. The Morgan fingerprint density at radius 1 is 1.62 bits per heavy atom. The first-order chi connectivity index (χ1) is 7.49. The van der Waals surface area contributed by atoms with Crippen LogP contribution in [-0.2, 0) is 9.53 Å². The van der Waals surface area contributed by atoms with Crippen LogP contribution < -0.4 is 0 Å². The molecule has 5 heteroatoms. The fourth-order valence-electron chi connectivity index (χ4n) is 1.24. The van der Waals surface area contributed by atoms with Gasteiger partial charge in [-0.3, -0.25) is 0 Å². The molecule has 0 aliphatic heterocycles. The Labute approximate surface area is 101 Å². The van der Waals surface area contributed by atoms with Gasteiger partial charge in [-0.2, -0.15) is 0 Å². The van der Waals surface area contributed by atoms with Crippen LogP contribution in [0.3, 0.4) is 0 Å². The molecule has 0 radical (unpaired) electrons. The summed E-state index contributed by atoms with van der Waals surface area (Å²) in [6.07, 6.45) is -1.58. The Kier molecular flexibility index (Phi) is 4.44. The summed E-state index contributed by atoms with van der Waals surface area (Å²) < 4.78 is 18.9. The van der Waals surface area contributed by atoms with Crippen molar-refractivity contribution in [2.24, 2.45) is 0 Å². The van der Waals surface area contributed by atoms with E-state index in [1.54, 1.807) is 19.9 Å². The van der Waals surface area contributed by atoms with Gasteiger partial charge in [0.15, 0.2) is 6.10 Å². The highest BCUT2D eigenvalue weighted by Crippen LogP contribution is 2.26. The van der Waals surface area contributed by atoms with Crippen LogP contribution in [0, 0.1) is 12.7 Å². The zero-order chi connectivity index (χ0) is 12.3. The van der Waals surface area contributed by atoms with Crippen molar-refractivity contribution in [2.75, 3.05) is 6.61 Å². The van der Waals surface area contributed by atoms with E-state index in [9.17, 15) is 14.3 Å². The third kappa shape index (κ3) is 2.59. The van der Waals surface area contributed by atoms with Crippen molar-refractivity contribution < 1.29 is 19.0 Å². The van der Waals surface area contributed by atoms with Gasteiger partial charge >= 0.3 is 5.97 Å². The van der Waals surface area contributed by atoms with Crippen LogP contribution in [0.2, 0.25) is 0 Å². The van der Waals surface area contributed by atoms with Crippen molar-refractivity contribution in [3.05, 3.63) is 33.5 Å². The SMILES string of the molecule is CCOC(=O)C(O)c1ccc(Br)c(C)c1F. The van der Waals surface area contributed by atoms with Gasteiger partial charge in [0.1, 0.15) is 5.82 Å². The molecule has 0 aliphatic carbocycles. The van der Waals surface area contributed by atoms with E-state index >= 15 is 0 Å². The molecule has 3 nitrogen and oxygen atoms in total. The Bertz CT molecular complexity index is 406. The van der Waals surface area contributed by atoms with E-state index in [1.807, 2.05) is 0 Å². The van der Waals surface area contributed by atoms with Gasteiger partial charge in [-0.25, -0.2) is 9.18 Å². The maximum absolute atomic E-state index is 13.7. The molecule has 16 heavy (non-hydrogen) atoms. The summed E-state index contributed by atoms with van der Waals surface area (Å²) in [5.41, 5.74) is 0.278. The molecule has 0 aromatic heterocycles. The number of aliphatic hydroxyl groups excluding tert-OH is 1. The van der Waals surface area contributed by atoms with Gasteiger partial charge in [0.25, 0.3) is 0 Å². The average molecular weight is 291 g/mol. The number of carbonyl (C=O) groups is 1. The Balaban J connectivity index is 3.05. The first-order valence-corrected chi connectivity index (χ1v) is 5.57. The molecule has 1 N–H and O–H groups in total. The topological polar surface area (TPSA) is 46.5 Å². The van der Waals surface area contributed by atoms with Crippen molar-refractivity contribution >= 4 is 21.9 Å². The lowest BCUT2D eigenvalue weighted by Crippen LogP contribution is -2.17. The zero-order valence-corrected chi connectivity index (χ0v) is 10.5. The Hall–Kier alpha value is -0.940. The molecule has 0 saturated carbocycles. The van der Waals surface area contributed by atoms with Crippen LogP contribution in [0.15, 0.2) is 16.6 Å². The number of hydrogen-bond acceptors (Lipinski definition) is 3. The molecule has 0 aliphatic rings. The first-order valence-electron chi connectivity index (χ1n) is 4.78. The van der Waals surface area contributed by atoms with Crippen LogP contribution in [-0.4, -0.2) is 17.7 Å². The van der Waals surface area contributed by atoms with Crippen molar-refractivity contribution in [1.82, 2.24) is 0 Å². The highest BCUT2D eigenvalue weighted by atomic mass is 79.9. The molecule has 1 unspecified atom stereocenters. The lowest BCUT2D eigenvalue weighted by Gasteiger charge is -2.12. The molecule has 0 heterocycles.